The molecule has 2 heterocycles. The molecule has 0 aliphatic carbocycles. The third kappa shape index (κ3) is 3.29. The van der Waals surface area contributed by atoms with Gasteiger partial charge < -0.3 is 14.6 Å². The molecule has 0 radical (unpaired) electrons. The van der Waals surface area contributed by atoms with Crippen LogP contribution in [-0.2, 0) is 0 Å². The molecule has 6 heteroatoms. The van der Waals surface area contributed by atoms with Crippen molar-refractivity contribution in [1.82, 2.24) is 10.1 Å². The predicted molar refractivity (Wildman–Crippen MR) is 79.9 cm³/mol. The van der Waals surface area contributed by atoms with Gasteiger partial charge in [0.05, 0.1) is 0 Å². The van der Waals surface area contributed by atoms with Crippen LogP contribution in [0.25, 0.3) is 0 Å². The van der Waals surface area contributed by atoms with Gasteiger partial charge in [-0.15, -0.1) is 0 Å². The zero-order valence-corrected chi connectivity index (χ0v) is 11.8. The van der Waals surface area contributed by atoms with Crippen LogP contribution in [0, 0.1) is 6.92 Å². The summed E-state index contributed by atoms with van der Waals surface area (Å²) in [4.78, 5) is 16.2. The Hall–Kier alpha value is -3.15. The van der Waals surface area contributed by atoms with Crippen molar-refractivity contribution < 1.29 is 14.1 Å². The zero-order chi connectivity index (χ0) is 15.4. The lowest BCUT2D eigenvalue weighted by molar-refractivity contribution is 0.102. The van der Waals surface area contributed by atoms with E-state index in [1.165, 1.54) is 6.20 Å². The summed E-state index contributed by atoms with van der Waals surface area (Å²) in [6, 6.07) is 14.2. The van der Waals surface area contributed by atoms with E-state index >= 15 is 0 Å². The molecule has 0 aliphatic rings. The van der Waals surface area contributed by atoms with Crippen molar-refractivity contribution in [3.63, 3.8) is 0 Å². The lowest BCUT2D eigenvalue weighted by Crippen LogP contribution is -2.13. The Labute approximate surface area is 126 Å². The van der Waals surface area contributed by atoms with Crippen molar-refractivity contribution in [2.45, 2.75) is 6.92 Å². The third-order valence-corrected chi connectivity index (χ3v) is 2.81. The number of hydrogen-bond acceptors (Lipinski definition) is 5. The lowest BCUT2D eigenvalue weighted by atomic mass is 10.3. The number of nitrogens with one attached hydrogen (secondary N) is 1. The highest BCUT2D eigenvalue weighted by Gasteiger charge is 2.11. The molecule has 3 rings (SSSR count). The summed E-state index contributed by atoms with van der Waals surface area (Å²) in [5.74, 6) is 1.80. The van der Waals surface area contributed by atoms with Crippen LogP contribution < -0.4 is 10.1 Å². The number of rotatable bonds is 4. The van der Waals surface area contributed by atoms with E-state index in [1.807, 2.05) is 30.3 Å². The van der Waals surface area contributed by atoms with Crippen molar-refractivity contribution in [3.8, 4) is 11.5 Å². The van der Waals surface area contributed by atoms with Gasteiger partial charge in [0, 0.05) is 18.3 Å². The first-order valence-corrected chi connectivity index (χ1v) is 6.64. The molecule has 110 valence electrons. The molecule has 0 saturated carbocycles. The normalized spacial score (nSPS) is 10.2. The number of ether oxygens (including phenoxy) is 1. The first kappa shape index (κ1) is 13.8. The highest BCUT2D eigenvalue weighted by molar-refractivity contribution is 6.02. The van der Waals surface area contributed by atoms with E-state index in [0.717, 1.165) is 0 Å². The smallest absolute Gasteiger partial charge is 0.275 e. The average molecular weight is 295 g/mol. The molecule has 0 saturated heterocycles. The quantitative estimate of drug-likeness (QED) is 0.798. The van der Waals surface area contributed by atoms with Crippen molar-refractivity contribution in [3.05, 3.63) is 66.2 Å². The number of aryl methyl sites for hydroxylation is 1. The molecule has 1 aromatic carbocycles. The number of aromatic nitrogens is 2. The number of carbonyl (C=O) groups is 1. The second kappa shape index (κ2) is 6.09. The van der Waals surface area contributed by atoms with Gasteiger partial charge in [-0.2, -0.15) is 0 Å². The van der Waals surface area contributed by atoms with Crippen LogP contribution in [0.1, 0.15) is 16.2 Å². The van der Waals surface area contributed by atoms with Gasteiger partial charge in [-0.05, 0) is 25.1 Å². The number of para-hydroxylation sites is 1. The number of hydrogen-bond donors (Lipinski definition) is 1. The first-order valence-electron chi connectivity index (χ1n) is 6.64. The molecule has 1 N–H and O–H groups in total. The maximum absolute atomic E-state index is 12.1. The third-order valence-electron chi connectivity index (χ3n) is 2.81. The summed E-state index contributed by atoms with van der Waals surface area (Å²) in [6.07, 6.45) is 1.52. The Morgan fingerprint density at radius 1 is 1.14 bits per heavy atom. The maximum Gasteiger partial charge on any atom is 0.275 e. The second-order valence-corrected chi connectivity index (χ2v) is 4.57. The van der Waals surface area contributed by atoms with E-state index in [1.54, 1.807) is 25.1 Å². The van der Waals surface area contributed by atoms with Crippen molar-refractivity contribution in [2.24, 2.45) is 0 Å². The SMILES string of the molecule is Cc1cc(NC(=O)c2cc(Oc3ccccc3)ccn2)no1. The number of nitrogens with zero attached hydrogens (tertiary/aromatic N) is 2. The van der Waals surface area contributed by atoms with Gasteiger partial charge in [-0.25, -0.2) is 0 Å². The number of benzene rings is 1. The molecule has 0 spiro atoms. The van der Waals surface area contributed by atoms with Crippen molar-refractivity contribution in [1.29, 1.82) is 0 Å². The van der Waals surface area contributed by atoms with Crippen molar-refractivity contribution in [2.75, 3.05) is 5.32 Å². The minimum Gasteiger partial charge on any atom is -0.457 e. The zero-order valence-electron chi connectivity index (χ0n) is 11.8. The summed E-state index contributed by atoms with van der Waals surface area (Å²) in [5, 5.41) is 6.31. The molecule has 22 heavy (non-hydrogen) atoms. The molecule has 3 aromatic rings. The van der Waals surface area contributed by atoms with Gasteiger partial charge in [0.15, 0.2) is 5.82 Å². The molecule has 0 bridgehead atoms. The molecule has 1 amide bonds. The van der Waals surface area contributed by atoms with E-state index in [-0.39, 0.29) is 11.6 Å². The average Bonchev–Trinajstić information content (AvgIpc) is 2.93. The standard InChI is InChI=1S/C16H13N3O3/c1-11-9-15(19-22-11)18-16(20)14-10-13(7-8-17-14)21-12-5-3-2-4-6-12/h2-10H,1H3,(H,18,19,20). The maximum atomic E-state index is 12.1. The summed E-state index contributed by atoms with van der Waals surface area (Å²) in [6.45, 7) is 1.75. The predicted octanol–water partition coefficient (Wildman–Crippen LogP) is 3.42. The van der Waals surface area contributed by atoms with E-state index < -0.39 is 0 Å². The number of carbonyl (C=O) groups excluding carboxylic acids is 1. The molecule has 6 nitrogen and oxygen atoms in total. The first-order chi connectivity index (χ1) is 10.7. The van der Waals surface area contributed by atoms with Crippen LogP contribution in [0.5, 0.6) is 11.5 Å². The van der Waals surface area contributed by atoms with Crippen LogP contribution in [-0.4, -0.2) is 16.0 Å². The second-order valence-electron chi connectivity index (χ2n) is 4.57. The van der Waals surface area contributed by atoms with E-state index in [4.69, 9.17) is 9.26 Å². The van der Waals surface area contributed by atoms with Crippen LogP contribution in [0.4, 0.5) is 5.82 Å². The number of anilines is 1. The van der Waals surface area contributed by atoms with Gasteiger partial charge in [-0.3, -0.25) is 9.78 Å². The molecule has 0 aliphatic heterocycles. The highest BCUT2D eigenvalue weighted by Crippen LogP contribution is 2.21. The van der Waals surface area contributed by atoms with Crippen LogP contribution in [0.15, 0.2) is 59.3 Å². The Kier molecular flexibility index (Phi) is 3.82. The molecule has 0 fully saturated rings. The molecular formula is C16H13N3O3. The topological polar surface area (TPSA) is 77.2 Å². The molecular weight excluding hydrogens is 282 g/mol. The summed E-state index contributed by atoms with van der Waals surface area (Å²) < 4.78 is 10.6. The van der Waals surface area contributed by atoms with Gasteiger partial charge in [0.2, 0.25) is 0 Å². The van der Waals surface area contributed by atoms with Crippen LogP contribution in [0.2, 0.25) is 0 Å². The van der Waals surface area contributed by atoms with Gasteiger partial charge >= 0.3 is 0 Å². The summed E-state index contributed by atoms with van der Waals surface area (Å²) >= 11 is 0. The summed E-state index contributed by atoms with van der Waals surface area (Å²) in [7, 11) is 0. The molecule has 2 aromatic heterocycles. The fourth-order valence-electron chi connectivity index (χ4n) is 1.83. The molecule has 0 atom stereocenters. The van der Waals surface area contributed by atoms with Crippen molar-refractivity contribution >= 4 is 11.7 Å². The Bertz CT molecular complexity index is 784. The van der Waals surface area contributed by atoms with E-state index in [0.29, 0.717) is 23.1 Å². The van der Waals surface area contributed by atoms with Gasteiger partial charge in [-0.1, -0.05) is 23.4 Å². The largest absolute Gasteiger partial charge is 0.457 e. The Balaban J connectivity index is 1.74. The van der Waals surface area contributed by atoms with E-state index in [2.05, 4.69) is 15.5 Å². The minimum atomic E-state index is -0.383. The number of amides is 1. The van der Waals surface area contributed by atoms with Crippen LogP contribution in [0.3, 0.4) is 0 Å². The Morgan fingerprint density at radius 3 is 2.68 bits per heavy atom. The fraction of sp³-hybridized carbons (Fsp3) is 0.0625. The number of pyridine rings is 1. The monoisotopic (exact) mass is 295 g/mol. The van der Waals surface area contributed by atoms with Crippen LogP contribution >= 0.6 is 0 Å². The lowest BCUT2D eigenvalue weighted by Gasteiger charge is -2.06. The minimum absolute atomic E-state index is 0.231. The highest BCUT2D eigenvalue weighted by atomic mass is 16.5. The molecule has 0 unspecified atom stereocenters. The fourth-order valence-corrected chi connectivity index (χ4v) is 1.83. The van der Waals surface area contributed by atoms with E-state index in [9.17, 15) is 4.79 Å². The Morgan fingerprint density at radius 2 is 1.95 bits per heavy atom. The van der Waals surface area contributed by atoms with Gasteiger partial charge in [0.1, 0.15) is 23.0 Å². The summed E-state index contributed by atoms with van der Waals surface area (Å²) in [5.41, 5.74) is 0.231. The van der Waals surface area contributed by atoms with Gasteiger partial charge in [0.25, 0.3) is 5.91 Å².